The third-order valence-corrected chi connectivity index (χ3v) is 2.39. The van der Waals surface area contributed by atoms with Crippen LogP contribution < -0.4 is 5.32 Å². The van der Waals surface area contributed by atoms with Crippen molar-refractivity contribution in [2.75, 3.05) is 6.54 Å². The summed E-state index contributed by atoms with van der Waals surface area (Å²) in [5.74, 6) is -0.619. The van der Waals surface area contributed by atoms with Crippen LogP contribution in [0.5, 0.6) is 0 Å². The maximum absolute atomic E-state index is 11.6. The third-order valence-electron chi connectivity index (χ3n) is 2.39. The fraction of sp³-hybridized carbons (Fsp3) is 0.250. The van der Waals surface area contributed by atoms with Crippen LogP contribution in [-0.2, 0) is 11.3 Å². The molecule has 0 fully saturated rings. The van der Waals surface area contributed by atoms with Crippen LogP contribution in [0.4, 0.5) is 0 Å². The molecule has 7 nitrogen and oxygen atoms in total. The van der Waals surface area contributed by atoms with E-state index in [9.17, 15) is 9.59 Å². The van der Waals surface area contributed by atoms with Gasteiger partial charge in [-0.3, -0.25) is 14.3 Å². The van der Waals surface area contributed by atoms with Crippen molar-refractivity contribution in [1.29, 1.82) is 0 Å². The topological polar surface area (TPSA) is 97.4 Å². The Morgan fingerprint density at radius 3 is 2.95 bits per heavy atom. The maximum Gasteiger partial charge on any atom is 0.305 e. The zero-order chi connectivity index (χ0) is 13.7. The molecular formula is C12H13N3O4. The minimum absolute atomic E-state index is 0.0728. The van der Waals surface area contributed by atoms with Gasteiger partial charge < -0.3 is 14.8 Å². The summed E-state index contributed by atoms with van der Waals surface area (Å²) in [6.07, 6.45) is 3.32. The van der Waals surface area contributed by atoms with Gasteiger partial charge in [0.05, 0.1) is 13.0 Å². The minimum atomic E-state index is -0.959. The highest BCUT2D eigenvalue weighted by molar-refractivity contribution is 5.91. The van der Waals surface area contributed by atoms with Gasteiger partial charge in [-0.2, -0.15) is 5.10 Å². The summed E-state index contributed by atoms with van der Waals surface area (Å²) < 4.78 is 7.03. The molecule has 2 N–H and O–H groups in total. The lowest BCUT2D eigenvalue weighted by Crippen LogP contribution is -2.25. The number of furan rings is 1. The van der Waals surface area contributed by atoms with E-state index in [2.05, 4.69) is 10.4 Å². The highest BCUT2D eigenvalue weighted by Crippen LogP contribution is 2.09. The predicted octanol–water partition coefficient (Wildman–Crippen LogP) is 0.729. The van der Waals surface area contributed by atoms with E-state index < -0.39 is 11.9 Å². The molecule has 7 heteroatoms. The van der Waals surface area contributed by atoms with Crippen LogP contribution in [0.15, 0.2) is 35.0 Å². The number of amides is 1. The minimum Gasteiger partial charge on any atom is -0.481 e. The molecule has 0 saturated carbocycles. The Morgan fingerprint density at radius 1 is 1.42 bits per heavy atom. The molecule has 19 heavy (non-hydrogen) atoms. The molecule has 0 aromatic carbocycles. The molecule has 0 bridgehead atoms. The van der Waals surface area contributed by atoms with E-state index in [0.717, 1.165) is 0 Å². The maximum atomic E-state index is 11.6. The first-order valence-corrected chi connectivity index (χ1v) is 5.71. The summed E-state index contributed by atoms with van der Waals surface area (Å²) in [6.45, 7) is 0.513. The molecule has 0 radical (unpaired) electrons. The summed E-state index contributed by atoms with van der Waals surface area (Å²) in [6, 6.07) is 5.03. The number of aliphatic carboxylic acids is 1. The number of aromatic nitrogens is 2. The second kappa shape index (κ2) is 5.85. The van der Waals surface area contributed by atoms with Crippen molar-refractivity contribution in [1.82, 2.24) is 15.1 Å². The molecule has 1 amide bonds. The number of hydrogen-bond acceptors (Lipinski definition) is 4. The molecule has 2 aromatic rings. The van der Waals surface area contributed by atoms with Crippen LogP contribution in [-0.4, -0.2) is 33.3 Å². The number of carbonyl (C=O) groups is 2. The summed E-state index contributed by atoms with van der Waals surface area (Å²) in [5, 5.41) is 15.0. The monoisotopic (exact) mass is 263 g/mol. The number of hydrogen-bond donors (Lipinski definition) is 2. The van der Waals surface area contributed by atoms with Gasteiger partial charge in [-0.25, -0.2) is 0 Å². The molecule has 0 spiro atoms. The Bertz CT molecular complexity index is 559. The molecule has 0 aliphatic carbocycles. The highest BCUT2D eigenvalue weighted by Gasteiger charge is 2.11. The lowest BCUT2D eigenvalue weighted by molar-refractivity contribution is -0.136. The Kier molecular flexibility index (Phi) is 3.97. The second-order valence-electron chi connectivity index (χ2n) is 3.87. The molecular weight excluding hydrogens is 250 g/mol. The van der Waals surface area contributed by atoms with Gasteiger partial charge in [0, 0.05) is 18.9 Å². The SMILES string of the molecule is O=C(O)CCNC(=O)c1ccc(Cn2cccn2)o1. The standard InChI is InChI=1S/C12H13N3O4/c16-11(17)4-6-13-12(18)10-3-2-9(19-10)8-15-7-1-5-14-15/h1-3,5,7H,4,6,8H2,(H,13,18)(H,16,17). The first-order chi connectivity index (χ1) is 9.15. The average Bonchev–Trinajstić information content (AvgIpc) is 3.00. The number of carbonyl (C=O) groups excluding carboxylic acids is 1. The van der Waals surface area contributed by atoms with Crippen LogP contribution in [0.2, 0.25) is 0 Å². The molecule has 0 saturated heterocycles. The van der Waals surface area contributed by atoms with Crippen molar-refractivity contribution in [3.05, 3.63) is 42.1 Å². The van der Waals surface area contributed by atoms with Crippen LogP contribution >= 0.6 is 0 Å². The Balaban J connectivity index is 1.89. The van der Waals surface area contributed by atoms with Crippen LogP contribution in [0.25, 0.3) is 0 Å². The first-order valence-electron chi connectivity index (χ1n) is 5.71. The van der Waals surface area contributed by atoms with Crippen molar-refractivity contribution in [3.8, 4) is 0 Å². The van der Waals surface area contributed by atoms with Gasteiger partial charge in [0.1, 0.15) is 5.76 Å². The Hall–Kier alpha value is -2.57. The van der Waals surface area contributed by atoms with E-state index in [0.29, 0.717) is 12.3 Å². The van der Waals surface area contributed by atoms with E-state index >= 15 is 0 Å². The molecule has 0 aliphatic heterocycles. The molecule has 2 rings (SSSR count). The predicted molar refractivity (Wildman–Crippen MR) is 64.6 cm³/mol. The molecule has 2 heterocycles. The Labute approximate surface area is 108 Å². The fourth-order valence-electron chi connectivity index (χ4n) is 1.51. The normalized spacial score (nSPS) is 10.3. The molecule has 100 valence electrons. The summed E-state index contributed by atoms with van der Waals surface area (Å²) in [4.78, 5) is 21.9. The molecule has 2 aromatic heterocycles. The smallest absolute Gasteiger partial charge is 0.305 e. The van der Waals surface area contributed by atoms with Gasteiger partial charge in [0.2, 0.25) is 0 Å². The van der Waals surface area contributed by atoms with Gasteiger partial charge in [-0.15, -0.1) is 0 Å². The van der Waals surface area contributed by atoms with Gasteiger partial charge >= 0.3 is 5.97 Å². The van der Waals surface area contributed by atoms with E-state index in [1.807, 2.05) is 0 Å². The fourth-order valence-corrected chi connectivity index (χ4v) is 1.51. The summed E-state index contributed by atoms with van der Waals surface area (Å²) >= 11 is 0. The van der Waals surface area contributed by atoms with Crippen molar-refractivity contribution in [2.24, 2.45) is 0 Å². The van der Waals surface area contributed by atoms with Crippen molar-refractivity contribution in [2.45, 2.75) is 13.0 Å². The van der Waals surface area contributed by atoms with Gasteiger partial charge in [0.15, 0.2) is 5.76 Å². The lowest BCUT2D eigenvalue weighted by atomic mass is 10.4. The quantitative estimate of drug-likeness (QED) is 0.800. The van der Waals surface area contributed by atoms with Gasteiger partial charge in [0.25, 0.3) is 5.91 Å². The van der Waals surface area contributed by atoms with Gasteiger partial charge in [-0.1, -0.05) is 0 Å². The molecule has 0 atom stereocenters. The summed E-state index contributed by atoms with van der Waals surface area (Å²) in [5.41, 5.74) is 0. The highest BCUT2D eigenvalue weighted by atomic mass is 16.4. The molecule has 0 unspecified atom stereocenters. The average molecular weight is 263 g/mol. The Morgan fingerprint density at radius 2 is 2.26 bits per heavy atom. The molecule has 0 aliphatic rings. The van der Waals surface area contributed by atoms with Crippen molar-refractivity contribution in [3.63, 3.8) is 0 Å². The van der Waals surface area contributed by atoms with E-state index in [1.165, 1.54) is 0 Å². The van der Waals surface area contributed by atoms with E-state index in [4.69, 9.17) is 9.52 Å². The van der Waals surface area contributed by atoms with Crippen molar-refractivity contribution >= 4 is 11.9 Å². The number of carboxylic acids is 1. The third kappa shape index (κ3) is 3.70. The van der Waals surface area contributed by atoms with Crippen molar-refractivity contribution < 1.29 is 19.1 Å². The number of rotatable bonds is 6. The van der Waals surface area contributed by atoms with E-state index in [1.54, 1.807) is 35.3 Å². The van der Waals surface area contributed by atoms with Gasteiger partial charge in [-0.05, 0) is 18.2 Å². The lowest BCUT2D eigenvalue weighted by Gasteiger charge is -2.00. The summed E-state index contributed by atoms with van der Waals surface area (Å²) in [7, 11) is 0. The van der Waals surface area contributed by atoms with Crippen LogP contribution in [0, 0.1) is 0 Å². The van der Waals surface area contributed by atoms with Crippen LogP contribution in [0.1, 0.15) is 22.7 Å². The number of nitrogens with zero attached hydrogens (tertiary/aromatic N) is 2. The number of nitrogens with one attached hydrogen (secondary N) is 1. The largest absolute Gasteiger partial charge is 0.481 e. The zero-order valence-electron chi connectivity index (χ0n) is 10.1. The van der Waals surface area contributed by atoms with E-state index in [-0.39, 0.29) is 18.7 Å². The first kappa shape index (κ1) is 12.9. The second-order valence-corrected chi connectivity index (χ2v) is 3.87. The number of carboxylic acid groups (broad SMARTS) is 1. The zero-order valence-corrected chi connectivity index (χ0v) is 10.1. The van der Waals surface area contributed by atoms with Crippen LogP contribution in [0.3, 0.4) is 0 Å².